The van der Waals surface area contributed by atoms with Crippen molar-refractivity contribution >= 4 is 47.3 Å². The van der Waals surface area contributed by atoms with Crippen molar-refractivity contribution < 1.29 is 44.3 Å². The number of β-lactam (4-membered cyclic amide) rings is 1. The van der Waals surface area contributed by atoms with E-state index in [0.717, 1.165) is 42.0 Å². The summed E-state index contributed by atoms with van der Waals surface area (Å²) in [5.74, 6) is -7.63. The van der Waals surface area contributed by atoms with E-state index in [1.165, 1.54) is 16.4 Å². The second-order valence-electron chi connectivity index (χ2n) is 7.92. The Labute approximate surface area is 216 Å². The molecule has 1 aromatic heterocycles. The first-order valence-electron chi connectivity index (χ1n) is 10.4. The largest absolute Gasteiger partial charge is 0.504 e. The van der Waals surface area contributed by atoms with Gasteiger partial charge in [-0.3, -0.25) is 19.3 Å². The summed E-state index contributed by atoms with van der Waals surface area (Å²) in [6.45, 7) is 0. The van der Waals surface area contributed by atoms with Crippen molar-refractivity contribution in [3.8, 4) is 11.5 Å². The van der Waals surface area contributed by atoms with Crippen LogP contribution in [0.1, 0.15) is 11.5 Å². The number of benzene rings is 1. The Morgan fingerprint density at radius 2 is 2.03 bits per heavy atom. The van der Waals surface area contributed by atoms with E-state index in [4.69, 9.17) is 4.74 Å². The van der Waals surface area contributed by atoms with Crippen molar-refractivity contribution in [2.45, 2.75) is 22.2 Å². The van der Waals surface area contributed by atoms with Gasteiger partial charge in [-0.15, -0.1) is 16.9 Å². The molecule has 1 saturated heterocycles. The Morgan fingerprint density at radius 3 is 2.59 bits per heavy atom. The molecule has 3 atom stereocenters. The number of aromatic nitrogens is 4. The van der Waals surface area contributed by atoms with Crippen molar-refractivity contribution in [3.63, 3.8) is 0 Å². The van der Waals surface area contributed by atoms with Crippen LogP contribution < -0.4 is 5.32 Å². The average molecular weight is 553 g/mol. The Hall–Kier alpha value is -3.83. The highest BCUT2D eigenvalue weighted by atomic mass is 32.2. The molecule has 3 heterocycles. The van der Waals surface area contributed by atoms with Crippen molar-refractivity contribution in [2.24, 2.45) is 7.05 Å². The number of methoxy groups -OCH3 is 1. The quantitative estimate of drug-likeness (QED) is 0.0854. The summed E-state index contributed by atoms with van der Waals surface area (Å²) in [6, 6.07) is 3.08. The highest BCUT2D eigenvalue weighted by Gasteiger charge is 2.67. The number of fused-ring (bicyclic) bond motifs is 1. The van der Waals surface area contributed by atoms with Gasteiger partial charge >= 0.3 is 11.9 Å². The molecule has 0 bridgehead atoms. The van der Waals surface area contributed by atoms with Crippen LogP contribution in [0.3, 0.4) is 0 Å². The molecule has 0 saturated carbocycles. The minimum absolute atomic E-state index is 0.157. The van der Waals surface area contributed by atoms with Gasteiger partial charge in [-0.2, -0.15) is 0 Å². The molecule has 2 amide bonds. The van der Waals surface area contributed by atoms with Crippen molar-refractivity contribution in [2.75, 3.05) is 18.6 Å². The van der Waals surface area contributed by atoms with Crippen LogP contribution in [-0.4, -0.2) is 99.0 Å². The summed E-state index contributed by atoms with van der Waals surface area (Å²) < 4.78 is 6.77. The first kappa shape index (κ1) is 26.2. The van der Waals surface area contributed by atoms with Crippen molar-refractivity contribution in [3.05, 3.63) is 35.0 Å². The van der Waals surface area contributed by atoms with Gasteiger partial charge in [0.1, 0.15) is 11.1 Å². The lowest BCUT2D eigenvalue weighted by Crippen LogP contribution is -2.81. The molecule has 0 spiro atoms. The number of ether oxygens (including phenoxy) is 1. The fourth-order valence-electron chi connectivity index (χ4n) is 3.93. The average Bonchev–Trinajstić information content (AvgIpc) is 3.26. The molecule has 2 aliphatic heterocycles. The van der Waals surface area contributed by atoms with Crippen LogP contribution >= 0.6 is 23.5 Å². The summed E-state index contributed by atoms with van der Waals surface area (Å²) in [5, 5.41) is 51.6. The van der Waals surface area contributed by atoms with Crippen LogP contribution in [0.15, 0.2) is 34.6 Å². The van der Waals surface area contributed by atoms with E-state index in [9.17, 15) is 39.6 Å². The Bertz CT molecular complexity index is 1330. The van der Waals surface area contributed by atoms with Crippen LogP contribution in [0.5, 0.6) is 11.5 Å². The molecule has 5 N–H and O–H groups in total. The number of carboxylic acid groups (broad SMARTS) is 2. The first-order chi connectivity index (χ1) is 17.5. The van der Waals surface area contributed by atoms with E-state index >= 15 is 0 Å². The number of aryl methyl sites for hydroxylation is 1. The molecular weight excluding hydrogens is 532 g/mol. The number of carbonyl (C=O) groups excluding carboxylic acids is 2. The molecule has 2 aromatic rings. The van der Waals surface area contributed by atoms with E-state index in [-0.39, 0.29) is 22.8 Å². The number of hydrogen-bond acceptors (Lipinski definition) is 12. The van der Waals surface area contributed by atoms with Gasteiger partial charge in [0.05, 0.1) is 0 Å². The fraction of sp³-hybridized carbons (Fsp3) is 0.350. The number of nitrogens with zero attached hydrogens (tertiary/aromatic N) is 5. The molecule has 1 fully saturated rings. The third-order valence-electron chi connectivity index (χ3n) is 5.74. The molecule has 17 heteroatoms. The molecule has 2 aliphatic rings. The van der Waals surface area contributed by atoms with Gasteiger partial charge in [0.2, 0.25) is 11.1 Å². The smallest absolute Gasteiger partial charge is 0.352 e. The number of thioether (sulfide) groups is 2. The van der Waals surface area contributed by atoms with Gasteiger partial charge in [0, 0.05) is 25.7 Å². The predicted octanol–water partition coefficient (Wildman–Crippen LogP) is -0.705. The number of aliphatic carboxylic acids is 2. The summed E-state index contributed by atoms with van der Waals surface area (Å²) >= 11 is 2.32. The van der Waals surface area contributed by atoms with Crippen LogP contribution in [0, 0.1) is 0 Å². The standard InChI is InChI=1S/C20H20N6O9S2/c1-25-19(22-23-24-25)37-7-9-6-36-18-20(35-2,17(34)26(18)13(9)16(32)33)21-14(29)12(15(30)31)8-3-4-10(27)11(28)5-8/h3-5,12,18,27-28H,6-7H2,1-2H3,(H,21,29)(H,30,31)(H,32,33)/t12?,18-,20+/m1/s1. The lowest BCUT2D eigenvalue weighted by atomic mass is 9.94. The van der Waals surface area contributed by atoms with Gasteiger partial charge < -0.3 is 30.5 Å². The monoisotopic (exact) mass is 552 g/mol. The highest BCUT2D eigenvalue weighted by Crippen LogP contribution is 2.47. The third-order valence-corrected chi connectivity index (χ3v) is 8.21. The van der Waals surface area contributed by atoms with E-state index in [1.807, 2.05) is 0 Å². The molecule has 1 aromatic carbocycles. The summed E-state index contributed by atoms with van der Waals surface area (Å²) in [4.78, 5) is 51.4. The number of carbonyl (C=O) groups is 4. The molecular formula is C20H20N6O9S2. The number of carboxylic acids is 2. The molecule has 37 heavy (non-hydrogen) atoms. The molecule has 0 aliphatic carbocycles. The number of phenols is 2. The number of aromatic hydroxyl groups is 2. The van der Waals surface area contributed by atoms with Gasteiger partial charge in [0.15, 0.2) is 17.4 Å². The fourth-order valence-corrected chi connectivity index (χ4v) is 6.36. The topological polar surface area (TPSA) is 217 Å². The van der Waals surface area contributed by atoms with Crippen molar-refractivity contribution in [1.29, 1.82) is 0 Å². The van der Waals surface area contributed by atoms with Crippen molar-refractivity contribution in [1.82, 2.24) is 30.4 Å². The van der Waals surface area contributed by atoms with Crippen LogP contribution in [0.25, 0.3) is 0 Å². The summed E-state index contributed by atoms with van der Waals surface area (Å²) in [5.41, 5.74) is -2.03. The molecule has 15 nitrogen and oxygen atoms in total. The Balaban J connectivity index is 1.59. The zero-order valence-corrected chi connectivity index (χ0v) is 20.8. The number of rotatable bonds is 9. The second kappa shape index (κ2) is 9.91. The van der Waals surface area contributed by atoms with Gasteiger partial charge in [-0.05, 0) is 33.7 Å². The van der Waals surface area contributed by atoms with Gasteiger partial charge in [-0.25, -0.2) is 9.48 Å². The van der Waals surface area contributed by atoms with Gasteiger partial charge in [0.25, 0.3) is 11.6 Å². The normalized spacial score (nSPS) is 21.7. The lowest BCUT2D eigenvalue weighted by Gasteiger charge is -2.56. The van der Waals surface area contributed by atoms with E-state index in [1.54, 1.807) is 7.05 Å². The maximum Gasteiger partial charge on any atom is 0.352 e. The van der Waals surface area contributed by atoms with E-state index in [0.29, 0.717) is 10.7 Å². The lowest BCUT2D eigenvalue weighted by molar-refractivity contribution is -0.193. The van der Waals surface area contributed by atoms with Crippen LogP contribution in [-0.2, 0) is 31.0 Å². The maximum absolute atomic E-state index is 13.3. The molecule has 196 valence electrons. The number of hydrogen-bond donors (Lipinski definition) is 5. The molecule has 0 radical (unpaired) electrons. The summed E-state index contributed by atoms with van der Waals surface area (Å²) in [7, 11) is 2.76. The number of phenolic OH excluding ortho intramolecular Hbond substituents is 2. The highest BCUT2D eigenvalue weighted by molar-refractivity contribution is 8.01. The summed E-state index contributed by atoms with van der Waals surface area (Å²) in [6.07, 6.45) is 0. The van der Waals surface area contributed by atoms with Crippen LogP contribution in [0.4, 0.5) is 0 Å². The number of amides is 2. The molecule has 4 rings (SSSR count). The zero-order valence-electron chi connectivity index (χ0n) is 19.2. The number of nitrogens with one attached hydrogen (secondary N) is 1. The maximum atomic E-state index is 13.3. The zero-order chi connectivity index (χ0) is 27.1. The minimum atomic E-state index is -2.03. The third kappa shape index (κ3) is 4.44. The SMILES string of the molecule is CO[C@@]1(NC(=O)C(C(=O)O)c2ccc(O)c(O)c2)C(=O)N2C(C(=O)O)=C(CSc3nnnn3C)CS[C@@H]21. The first-order valence-corrected chi connectivity index (χ1v) is 12.4. The predicted molar refractivity (Wildman–Crippen MR) is 125 cm³/mol. The molecule has 1 unspecified atom stereocenters. The van der Waals surface area contributed by atoms with E-state index < -0.39 is 52.3 Å². The van der Waals surface area contributed by atoms with E-state index in [2.05, 4.69) is 20.8 Å². The van der Waals surface area contributed by atoms with Crippen LogP contribution in [0.2, 0.25) is 0 Å². The van der Waals surface area contributed by atoms with Gasteiger partial charge in [-0.1, -0.05) is 17.8 Å². The number of tetrazole rings is 1. The second-order valence-corrected chi connectivity index (χ2v) is 9.93. The Morgan fingerprint density at radius 1 is 1.30 bits per heavy atom. The Kier molecular flexibility index (Phi) is 7.03. The minimum Gasteiger partial charge on any atom is -0.504 e.